The number of hydrogen-bond acceptors (Lipinski definition) is 2. The Morgan fingerprint density at radius 3 is 2.67 bits per heavy atom. The normalized spacial score (nSPS) is 10.3. The van der Waals surface area contributed by atoms with Crippen LogP contribution in [0, 0.1) is 12.7 Å². The molecule has 0 aliphatic heterocycles. The molecule has 0 radical (unpaired) electrons. The predicted molar refractivity (Wildman–Crippen MR) is 94.7 cm³/mol. The first kappa shape index (κ1) is 17.9. The van der Waals surface area contributed by atoms with Gasteiger partial charge in [-0.05, 0) is 62.9 Å². The number of hydrogen-bond donors (Lipinski definition) is 0. The van der Waals surface area contributed by atoms with Crippen LogP contribution >= 0.6 is 0 Å². The fraction of sp³-hybridized carbons (Fsp3) is 0.286. The van der Waals surface area contributed by atoms with Crippen molar-refractivity contribution in [1.82, 2.24) is 0 Å². The lowest BCUT2D eigenvalue weighted by atomic mass is 10.1. The monoisotopic (exact) mass is 326 g/mol. The molecule has 0 bridgehead atoms. The van der Waals surface area contributed by atoms with Crippen LogP contribution in [0.4, 0.5) is 4.39 Å². The van der Waals surface area contributed by atoms with Crippen LogP contribution in [0.1, 0.15) is 37.0 Å². The highest BCUT2D eigenvalue weighted by Crippen LogP contribution is 2.22. The molecule has 0 atom stereocenters. The molecule has 126 valence electrons. The second kappa shape index (κ2) is 8.44. The summed E-state index contributed by atoms with van der Waals surface area (Å²) >= 11 is 0. The van der Waals surface area contributed by atoms with Crippen LogP contribution in [0.15, 0.2) is 54.1 Å². The van der Waals surface area contributed by atoms with E-state index in [1.54, 1.807) is 6.07 Å². The molecule has 3 heteroatoms. The number of aryl methyl sites for hydroxylation is 2. The van der Waals surface area contributed by atoms with Crippen molar-refractivity contribution < 1.29 is 13.9 Å². The molecule has 24 heavy (non-hydrogen) atoms. The molecule has 2 aromatic carbocycles. The SMILES string of the molecule is CC(C)=CCc1cc(C)ccc1OC(=O)CCc1cccc(F)c1. The fourth-order valence-electron chi connectivity index (χ4n) is 2.39. The number of carbonyl (C=O) groups excluding carboxylic acids is 1. The van der Waals surface area contributed by atoms with Gasteiger partial charge in [-0.2, -0.15) is 0 Å². The standard InChI is InChI=1S/C21H23FO2/c1-15(2)7-10-18-13-16(3)8-11-20(18)24-21(23)12-9-17-5-4-6-19(22)14-17/h4-8,11,13-14H,9-10,12H2,1-3H3. The first-order valence-electron chi connectivity index (χ1n) is 8.12. The van der Waals surface area contributed by atoms with Crippen molar-refractivity contribution in [2.24, 2.45) is 0 Å². The van der Waals surface area contributed by atoms with E-state index in [0.29, 0.717) is 12.2 Å². The van der Waals surface area contributed by atoms with E-state index in [-0.39, 0.29) is 18.2 Å². The number of rotatable bonds is 6. The maximum atomic E-state index is 13.2. The van der Waals surface area contributed by atoms with Crippen LogP contribution in [0.2, 0.25) is 0 Å². The van der Waals surface area contributed by atoms with Gasteiger partial charge in [-0.1, -0.05) is 41.5 Å². The van der Waals surface area contributed by atoms with Crippen molar-refractivity contribution in [3.05, 3.63) is 76.6 Å². The lowest BCUT2D eigenvalue weighted by Gasteiger charge is -2.10. The number of allylic oxidation sites excluding steroid dienone is 2. The van der Waals surface area contributed by atoms with E-state index in [1.807, 2.05) is 45.0 Å². The molecule has 0 aliphatic carbocycles. The number of carbonyl (C=O) groups is 1. The highest BCUT2D eigenvalue weighted by molar-refractivity contribution is 5.73. The van der Waals surface area contributed by atoms with Gasteiger partial charge in [-0.3, -0.25) is 4.79 Å². The van der Waals surface area contributed by atoms with Crippen LogP contribution in [0.3, 0.4) is 0 Å². The quantitative estimate of drug-likeness (QED) is 0.415. The molecule has 2 aromatic rings. The zero-order valence-corrected chi connectivity index (χ0v) is 14.4. The third kappa shape index (κ3) is 5.65. The van der Waals surface area contributed by atoms with E-state index in [0.717, 1.165) is 23.1 Å². The second-order valence-electron chi connectivity index (χ2n) is 6.20. The summed E-state index contributed by atoms with van der Waals surface area (Å²) in [5.41, 5.74) is 4.14. The second-order valence-corrected chi connectivity index (χ2v) is 6.20. The molecule has 0 unspecified atom stereocenters. The maximum absolute atomic E-state index is 13.2. The van der Waals surface area contributed by atoms with Crippen molar-refractivity contribution >= 4 is 5.97 Å². The zero-order valence-electron chi connectivity index (χ0n) is 14.4. The largest absolute Gasteiger partial charge is 0.426 e. The van der Waals surface area contributed by atoms with Gasteiger partial charge >= 0.3 is 5.97 Å². The topological polar surface area (TPSA) is 26.3 Å². The smallest absolute Gasteiger partial charge is 0.311 e. The number of benzene rings is 2. The summed E-state index contributed by atoms with van der Waals surface area (Å²) in [6.07, 6.45) is 3.53. The minimum atomic E-state index is -0.304. The Morgan fingerprint density at radius 1 is 1.17 bits per heavy atom. The van der Waals surface area contributed by atoms with Crippen molar-refractivity contribution in [1.29, 1.82) is 0 Å². The van der Waals surface area contributed by atoms with Crippen molar-refractivity contribution in [2.75, 3.05) is 0 Å². The van der Waals surface area contributed by atoms with Crippen LogP contribution in [0.5, 0.6) is 5.75 Å². The van der Waals surface area contributed by atoms with Crippen LogP contribution in [-0.4, -0.2) is 5.97 Å². The number of esters is 1. The van der Waals surface area contributed by atoms with E-state index >= 15 is 0 Å². The van der Waals surface area contributed by atoms with Gasteiger partial charge < -0.3 is 4.74 Å². The third-order valence-corrected chi connectivity index (χ3v) is 3.68. The summed E-state index contributed by atoms with van der Waals surface area (Å²) in [5.74, 6) is 0.00678. The molecule has 0 N–H and O–H groups in total. The molecule has 2 nitrogen and oxygen atoms in total. The first-order chi connectivity index (χ1) is 11.4. The zero-order chi connectivity index (χ0) is 17.5. The molecule has 0 fully saturated rings. The average Bonchev–Trinajstić information content (AvgIpc) is 2.53. The fourth-order valence-corrected chi connectivity index (χ4v) is 2.39. The Labute approximate surface area is 143 Å². The Bertz CT molecular complexity index is 743. The molecule has 0 spiro atoms. The summed E-state index contributed by atoms with van der Waals surface area (Å²) in [5, 5.41) is 0. The summed E-state index contributed by atoms with van der Waals surface area (Å²) < 4.78 is 18.7. The van der Waals surface area contributed by atoms with Crippen molar-refractivity contribution in [3.8, 4) is 5.75 Å². The number of ether oxygens (including phenoxy) is 1. The molecular weight excluding hydrogens is 303 g/mol. The lowest BCUT2D eigenvalue weighted by Crippen LogP contribution is -2.10. The summed E-state index contributed by atoms with van der Waals surface area (Å²) in [7, 11) is 0. The van der Waals surface area contributed by atoms with Crippen LogP contribution < -0.4 is 4.74 Å². The van der Waals surface area contributed by atoms with Gasteiger partial charge in [0, 0.05) is 6.42 Å². The van der Waals surface area contributed by atoms with Crippen molar-refractivity contribution in [2.45, 2.75) is 40.0 Å². The Morgan fingerprint density at radius 2 is 1.96 bits per heavy atom. The molecule has 0 aromatic heterocycles. The van der Waals surface area contributed by atoms with Crippen LogP contribution in [-0.2, 0) is 17.6 Å². The van der Waals surface area contributed by atoms with Gasteiger partial charge in [0.25, 0.3) is 0 Å². The summed E-state index contributed by atoms with van der Waals surface area (Å²) in [4.78, 5) is 12.1. The Hall–Kier alpha value is -2.42. The lowest BCUT2D eigenvalue weighted by molar-refractivity contribution is -0.134. The van der Waals surface area contributed by atoms with Gasteiger partial charge in [-0.15, -0.1) is 0 Å². The van der Waals surface area contributed by atoms with E-state index in [2.05, 4.69) is 6.08 Å². The minimum Gasteiger partial charge on any atom is -0.426 e. The molecule has 0 saturated carbocycles. The molecule has 0 amide bonds. The molecule has 0 heterocycles. The van der Waals surface area contributed by atoms with Crippen molar-refractivity contribution in [3.63, 3.8) is 0 Å². The molecule has 0 aliphatic rings. The molecule has 0 saturated heterocycles. The van der Waals surface area contributed by atoms with Gasteiger partial charge in [-0.25, -0.2) is 4.39 Å². The minimum absolute atomic E-state index is 0.222. The van der Waals surface area contributed by atoms with E-state index in [4.69, 9.17) is 4.74 Å². The molecular formula is C21H23FO2. The maximum Gasteiger partial charge on any atom is 0.311 e. The molecule has 2 rings (SSSR count). The summed E-state index contributed by atoms with van der Waals surface area (Å²) in [6, 6.07) is 12.1. The Kier molecular flexibility index (Phi) is 6.30. The van der Waals surface area contributed by atoms with E-state index in [9.17, 15) is 9.18 Å². The predicted octanol–water partition coefficient (Wildman–Crippen LogP) is 5.18. The first-order valence-corrected chi connectivity index (χ1v) is 8.12. The van der Waals surface area contributed by atoms with Gasteiger partial charge in [0.15, 0.2) is 0 Å². The highest BCUT2D eigenvalue weighted by Gasteiger charge is 2.10. The highest BCUT2D eigenvalue weighted by atomic mass is 19.1. The third-order valence-electron chi connectivity index (χ3n) is 3.68. The number of halogens is 1. The summed E-state index contributed by atoms with van der Waals surface area (Å²) in [6.45, 7) is 6.10. The Balaban J connectivity index is 2.01. The van der Waals surface area contributed by atoms with Crippen LogP contribution in [0.25, 0.3) is 0 Å². The van der Waals surface area contributed by atoms with Gasteiger partial charge in [0.05, 0.1) is 0 Å². The van der Waals surface area contributed by atoms with E-state index in [1.165, 1.54) is 17.7 Å². The van der Waals surface area contributed by atoms with Gasteiger partial charge in [0.2, 0.25) is 0 Å². The average molecular weight is 326 g/mol. The van der Waals surface area contributed by atoms with Gasteiger partial charge in [0.1, 0.15) is 11.6 Å². The van der Waals surface area contributed by atoms with E-state index < -0.39 is 0 Å².